The fourth-order valence-electron chi connectivity index (χ4n) is 1.52. The van der Waals surface area contributed by atoms with Gasteiger partial charge in [0.15, 0.2) is 0 Å². The van der Waals surface area contributed by atoms with Crippen molar-refractivity contribution in [1.29, 1.82) is 0 Å². The number of ether oxygens (including phenoxy) is 2. The molecule has 1 aromatic carbocycles. The van der Waals surface area contributed by atoms with Gasteiger partial charge in [0.1, 0.15) is 5.75 Å². The average molecular weight is 280 g/mol. The SMILES string of the molecule is COCCSc1nnnn1Cc1ccc(OC)cc1. The van der Waals surface area contributed by atoms with E-state index < -0.39 is 0 Å². The van der Waals surface area contributed by atoms with Crippen molar-refractivity contribution >= 4 is 11.8 Å². The molecule has 0 aliphatic carbocycles. The molecule has 0 N–H and O–H groups in total. The van der Waals surface area contributed by atoms with Crippen LogP contribution in [0.25, 0.3) is 0 Å². The zero-order chi connectivity index (χ0) is 13.5. The predicted octanol–water partition coefficient (Wildman–Crippen LogP) is 1.47. The minimum atomic E-state index is 0.645. The number of tetrazole rings is 1. The minimum absolute atomic E-state index is 0.645. The van der Waals surface area contributed by atoms with Crippen LogP contribution >= 0.6 is 11.8 Å². The normalized spacial score (nSPS) is 10.6. The summed E-state index contributed by atoms with van der Waals surface area (Å²) < 4.78 is 11.9. The van der Waals surface area contributed by atoms with Crippen molar-refractivity contribution in [3.8, 4) is 5.75 Å². The molecule has 2 aromatic rings. The van der Waals surface area contributed by atoms with Gasteiger partial charge in [0.05, 0.1) is 20.3 Å². The molecule has 1 heterocycles. The van der Waals surface area contributed by atoms with Gasteiger partial charge >= 0.3 is 0 Å². The third-order valence-electron chi connectivity index (χ3n) is 2.51. The zero-order valence-corrected chi connectivity index (χ0v) is 11.8. The molecule has 0 radical (unpaired) electrons. The summed E-state index contributed by atoms with van der Waals surface area (Å²) in [5.74, 6) is 1.68. The van der Waals surface area contributed by atoms with Gasteiger partial charge in [-0.2, -0.15) is 0 Å². The third-order valence-corrected chi connectivity index (χ3v) is 3.43. The van der Waals surface area contributed by atoms with Crippen LogP contribution in [0.3, 0.4) is 0 Å². The van der Waals surface area contributed by atoms with E-state index in [1.54, 1.807) is 30.7 Å². The van der Waals surface area contributed by atoms with E-state index in [2.05, 4.69) is 15.5 Å². The van der Waals surface area contributed by atoms with Crippen molar-refractivity contribution in [2.75, 3.05) is 26.6 Å². The Morgan fingerprint density at radius 1 is 1.21 bits per heavy atom. The molecule has 1 aromatic heterocycles. The molecular formula is C12H16N4O2S. The van der Waals surface area contributed by atoms with E-state index in [0.29, 0.717) is 13.2 Å². The van der Waals surface area contributed by atoms with E-state index in [4.69, 9.17) is 9.47 Å². The fourth-order valence-corrected chi connectivity index (χ4v) is 2.30. The van der Waals surface area contributed by atoms with Crippen LogP contribution in [-0.2, 0) is 11.3 Å². The van der Waals surface area contributed by atoms with Crippen molar-refractivity contribution in [3.63, 3.8) is 0 Å². The standard InChI is InChI=1S/C12H16N4O2S/c1-17-7-8-19-12-13-14-15-16(12)9-10-3-5-11(18-2)6-4-10/h3-6H,7-9H2,1-2H3. The van der Waals surface area contributed by atoms with Crippen molar-refractivity contribution in [3.05, 3.63) is 29.8 Å². The fraction of sp³-hybridized carbons (Fsp3) is 0.417. The van der Waals surface area contributed by atoms with Gasteiger partial charge in [-0.25, -0.2) is 4.68 Å². The number of hydrogen-bond acceptors (Lipinski definition) is 6. The maximum Gasteiger partial charge on any atom is 0.209 e. The van der Waals surface area contributed by atoms with Gasteiger partial charge in [0.25, 0.3) is 0 Å². The molecule has 0 amide bonds. The lowest BCUT2D eigenvalue weighted by Crippen LogP contribution is -2.04. The Morgan fingerprint density at radius 2 is 2.00 bits per heavy atom. The van der Waals surface area contributed by atoms with Crippen LogP contribution in [0.4, 0.5) is 0 Å². The maximum absolute atomic E-state index is 5.13. The van der Waals surface area contributed by atoms with Gasteiger partial charge in [-0.15, -0.1) is 5.10 Å². The Labute approximate surface area is 116 Å². The van der Waals surface area contributed by atoms with Crippen molar-refractivity contribution in [2.24, 2.45) is 0 Å². The molecule has 0 spiro atoms. The predicted molar refractivity (Wildman–Crippen MR) is 72.5 cm³/mol. The summed E-state index contributed by atoms with van der Waals surface area (Å²) in [6.07, 6.45) is 0. The van der Waals surface area contributed by atoms with E-state index in [0.717, 1.165) is 22.2 Å². The van der Waals surface area contributed by atoms with Gasteiger partial charge in [-0.3, -0.25) is 0 Å². The third kappa shape index (κ3) is 3.93. The Kier molecular flexibility index (Phi) is 5.17. The summed E-state index contributed by atoms with van der Waals surface area (Å²) in [4.78, 5) is 0. The molecule has 0 saturated heterocycles. The Balaban J connectivity index is 1.99. The van der Waals surface area contributed by atoms with Crippen molar-refractivity contribution in [2.45, 2.75) is 11.7 Å². The molecule has 0 aliphatic heterocycles. The van der Waals surface area contributed by atoms with Crippen molar-refractivity contribution < 1.29 is 9.47 Å². The van der Waals surface area contributed by atoms with Gasteiger partial charge in [0.2, 0.25) is 5.16 Å². The smallest absolute Gasteiger partial charge is 0.209 e. The highest BCUT2D eigenvalue weighted by atomic mass is 32.2. The molecule has 0 saturated carbocycles. The van der Waals surface area contributed by atoms with Gasteiger partial charge in [-0.05, 0) is 28.1 Å². The maximum atomic E-state index is 5.13. The monoisotopic (exact) mass is 280 g/mol. The molecule has 19 heavy (non-hydrogen) atoms. The molecule has 0 aliphatic rings. The van der Waals surface area contributed by atoms with Crippen LogP contribution in [0.5, 0.6) is 5.75 Å². The summed E-state index contributed by atoms with van der Waals surface area (Å²) in [5, 5.41) is 12.5. The first kappa shape index (κ1) is 13.8. The molecular weight excluding hydrogens is 264 g/mol. The number of methoxy groups -OCH3 is 2. The molecule has 0 fully saturated rings. The zero-order valence-electron chi connectivity index (χ0n) is 10.9. The Bertz CT molecular complexity index is 501. The number of nitrogens with zero attached hydrogens (tertiary/aromatic N) is 4. The Hall–Kier alpha value is -1.60. The molecule has 2 rings (SSSR count). The van der Waals surface area contributed by atoms with Crippen LogP contribution in [0.2, 0.25) is 0 Å². The second kappa shape index (κ2) is 7.10. The second-order valence-electron chi connectivity index (χ2n) is 3.81. The highest BCUT2D eigenvalue weighted by molar-refractivity contribution is 7.99. The number of benzene rings is 1. The summed E-state index contributed by atoms with van der Waals surface area (Å²) >= 11 is 1.58. The van der Waals surface area contributed by atoms with E-state index in [1.807, 2.05) is 24.3 Å². The molecule has 0 bridgehead atoms. The largest absolute Gasteiger partial charge is 0.497 e. The lowest BCUT2D eigenvalue weighted by Gasteiger charge is -2.05. The van der Waals surface area contributed by atoms with Gasteiger partial charge in [-0.1, -0.05) is 23.9 Å². The lowest BCUT2D eigenvalue weighted by atomic mass is 10.2. The van der Waals surface area contributed by atoms with Crippen LogP contribution in [-0.4, -0.2) is 46.8 Å². The number of thioether (sulfide) groups is 1. The van der Waals surface area contributed by atoms with Crippen molar-refractivity contribution in [1.82, 2.24) is 20.2 Å². The molecule has 7 heteroatoms. The van der Waals surface area contributed by atoms with Crippen LogP contribution in [0, 0.1) is 0 Å². The van der Waals surface area contributed by atoms with Crippen LogP contribution in [0.1, 0.15) is 5.56 Å². The quantitative estimate of drug-likeness (QED) is 0.565. The lowest BCUT2D eigenvalue weighted by molar-refractivity contribution is 0.218. The highest BCUT2D eigenvalue weighted by Gasteiger charge is 2.07. The van der Waals surface area contributed by atoms with Gasteiger partial charge in [0, 0.05) is 12.9 Å². The van der Waals surface area contributed by atoms with E-state index in [1.165, 1.54) is 0 Å². The number of aromatic nitrogens is 4. The first-order chi connectivity index (χ1) is 9.33. The van der Waals surface area contributed by atoms with E-state index >= 15 is 0 Å². The second-order valence-corrected chi connectivity index (χ2v) is 4.87. The Morgan fingerprint density at radius 3 is 2.68 bits per heavy atom. The molecule has 0 unspecified atom stereocenters. The number of rotatable bonds is 7. The minimum Gasteiger partial charge on any atom is -0.497 e. The molecule has 102 valence electrons. The topological polar surface area (TPSA) is 62.1 Å². The first-order valence-electron chi connectivity index (χ1n) is 5.84. The average Bonchev–Trinajstić information content (AvgIpc) is 2.87. The first-order valence-corrected chi connectivity index (χ1v) is 6.83. The van der Waals surface area contributed by atoms with Crippen LogP contribution in [0.15, 0.2) is 29.4 Å². The highest BCUT2D eigenvalue weighted by Crippen LogP contribution is 2.16. The van der Waals surface area contributed by atoms with Gasteiger partial charge < -0.3 is 9.47 Å². The summed E-state index contributed by atoms with van der Waals surface area (Å²) in [6, 6.07) is 7.86. The van der Waals surface area contributed by atoms with E-state index in [-0.39, 0.29) is 0 Å². The summed E-state index contributed by atoms with van der Waals surface area (Å²) in [6.45, 7) is 1.33. The summed E-state index contributed by atoms with van der Waals surface area (Å²) in [5.41, 5.74) is 1.13. The molecule has 6 nitrogen and oxygen atoms in total. The number of hydrogen-bond donors (Lipinski definition) is 0. The van der Waals surface area contributed by atoms with Crippen LogP contribution < -0.4 is 4.74 Å². The van der Waals surface area contributed by atoms with E-state index in [9.17, 15) is 0 Å². The summed E-state index contributed by atoms with van der Waals surface area (Å²) in [7, 11) is 3.34. The molecule has 0 atom stereocenters.